The molecule has 3 rings (SSSR count). The Balaban J connectivity index is 1.85. The first kappa shape index (κ1) is 17.8. The predicted octanol–water partition coefficient (Wildman–Crippen LogP) is 7.01. The van der Waals surface area contributed by atoms with Crippen molar-refractivity contribution in [2.75, 3.05) is 5.75 Å². The van der Waals surface area contributed by atoms with E-state index >= 15 is 0 Å². The van der Waals surface area contributed by atoms with E-state index in [0.717, 1.165) is 5.69 Å². The molecule has 0 aliphatic rings. The molecule has 1 heterocycles. The lowest BCUT2D eigenvalue weighted by Gasteiger charge is -2.09. The zero-order chi connectivity index (χ0) is 17.5. The molecule has 0 N–H and O–H groups in total. The van der Waals surface area contributed by atoms with Crippen molar-refractivity contribution in [3.05, 3.63) is 72.4 Å². The topological polar surface area (TPSA) is 12.9 Å². The van der Waals surface area contributed by atoms with Crippen LogP contribution in [0.2, 0.25) is 0 Å². The van der Waals surface area contributed by atoms with Gasteiger partial charge >= 0.3 is 0 Å². The van der Waals surface area contributed by atoms with Gasteiger partial charge in [-0.1, -0.05) is 44.0 Å². The van der Waals surface area contributed by atoms with Crippen LogP contribution < -0.4 is 0 Å². The van der Waals surface area contributed by atoms with Crippen molar-refractivity contribution < 1.29 is 0 Å². The van der Waals surface area contributed by atoms with Crippen LogP contribution in [0.15, 0.2) is 71.8 Å². The van der Waals surface area contributed by atoms with Gasteiger partial charge in [-0.2, -0.15) is 0 Å². The highest BCUT2D eigenvalue weighted by molar-refractivity contribution is 7.99. The van der Waals surface area contributed by atoms with Gasteiger partial charge in [0, 0.05) is 16.7 Å². The molecule has 0 bridgehead atoms. The fourth-order valence-corrected chi connectivity index (χ4v) is 3.91. The molecule has 1 aromatic heterocycles. The molecule has 3 aromatic rings. The third-order valence-electron chi connectivity index (χ3n) is 4.22. The molecule has 2 aromatic carbocycles. The number of hydrogen-bond acceptors (Lipinski definition) is 2. The quantitative estimate of drug-likeness (QED) is 0.337. The Labute approximate surface area is 155 Å². The van der Waals surface area contributed by atoms with Crippen molar-refractivity contribution >= 4 is 11.8 Å². The molecule has 0 saturated heterocycles. The number of pyridine rings is 1. The summed E-state index contributed by atoms with van der Waals surface area (Å²) in [5.74, 6) is 1.20. The maximum absolute atomic E-state index is 4.50. The van der Waals surface area contributed by atoms with E-state index < -0.39 is 0 Å². The lowest BCUT2D eigenvalue weighted by molar-refractivity contribution is 0.778. The zero-order valence-corrected chi connectivity index (χ0v) is 15.9. The first-order valence-electron chi connectivity index (χ1n) is 9.02. The summed E-state index contributed by atoms with van der Waals surface area (Å²) in [5, 5.41) is 0. The summed E-state index contributed by atoms with van der Waals surface area (Å²) < 4.78 is 0. The minimum absolute atomic E-state index is 1.03. The molecule has 0 amide bonds. The fourth-order valence-electron chi connectivity index (χ4n) is 2.94. The largest absolute Gasteiger partial charge is 0.256 e. The summed E-state index contributed by atoms with van der Waals surface area (Å²) in [6.07, 6.45) is 5.74. The number of aryl methyl sites for hydroxylation is 1. The number of nitrogens with zero attached hydrogens (tertiary/aromatic N) is 1. The fraction of sp³-hybridized carbons (Fsp3) is 0.261. The molecule has 0 spiro atoms. The number of thioether (sulfide) groups is 1. The molecule has 128 valence electrons. The Morgan fingerprint density at radius 3 is 2.52 bits per heavy atom. The standard InChI is InChI=1S/C23H25NS/c1-3-4-7-13-25-22-10-8-9-19(17-22)20-14-18(2)15-21(16-20)23-11-5-6-12-24-23/h5-6,8-12,14-17H,3-4,7,13H2,1-2H3. The van der Waals surface area contributed by atoms with E-state index in [1.54, 1.807) is 0 Å². The number of rotatable bonds is 7. The van der Waals surface area contributed by atoms with E-state index in [1.165, 1.54) is 52.2 Å². The van der Waals surface area contributed by atoms with Crippen LogP contribution in [0.1, 0.15) is 31.7 Å². The molecular formula is C23H25NS. The van der Waals surface area contributed by atoms with Crippen LogP contribution in [0.3, 0.4) is 0 Å². The second-order valence-corrected chi connectivity index (χ2v) is 7.55. The van der Waals surface area contributed by atoms with Crippen molar-refractivity contribution in [2.45, 2.75) is 38.0 Å². The summed E-state index contributed by atoms with van der Waals surface area (Å²) in [4.78, 5) is 5.85. The molecule has 0 atom stereocenters. The minimum atomic E-state index is 1.03. The Kier molecular flexibility index (Phi) is 6.30. The SMILES string of the molecule is CCCCCSc1cccc(-c2cc(C)cc(-c3ccccn3)c2)c1. The van der Waals surface area contributed by atoms with Crippen molar-refractivity contribution in [3.63, 3.8) is 0 Å². The Morgan fingerprint density at radius 2 is 1.72 bits per heavy atom. The summed E-state index contributed by atoms with van der Waals surface area (Å²) in [6, 6.07) is 21.7. The van der Waals surface area contributed by atoms with E-state index in [1.807, 2.05) is 30.1 Å². The lowest BCUT2D eigenvalue weighted by Crippen LogP contribution is -1.87. The molecular weight excluding hydrogens is 322 g/mol. The van der Waals surface area contributed by atoms with Crippen LogP contribution in [0.5, 0.6) is 0 Å². The Bertz CT molecular complexity index is 811. The molecule has 0 aliphatic carbocycles. The van der Waals surface area contributed by atoms with Gasteiger partial charge in [-0.25, -0.2) is 0 Å². The first-order chi connectivity index (χ1) is 12.3. The van der Waals surface area contributed by atoms with Crippen LogP contribution in [0.25, 0.3) is 22.4 Å². The van der Waals surface area contributed by atoms with E-state index in [2.05, 4.69) is 67.4 Å². The van der Waals surface area contributed by atoms with E-state index in [4.69, 9.17) is 0 Å². The molecule has 0 aliphatic heterocycles. The van der Waals surface area contributed by atoms with Gasteiger partial charge in [0.1, 0.15) is 0 Å². The third kappa shape index (κ3) is 4.96. The predicted molar refractivity (Wildman–Crippen MR) is 110 cm³/mol. The zero-order valence-electron chi connectivity index (χ0n) is 15.0. The average molecular weight is 348 g/mol. The monoisotopic (exact) mass is 347 g/mol. The van der Waals surface area contributed by atoms with Gasteiger partial charge < -0.3 is 0 Å². The summed E-state index contributed by atoms with van der Waals surface area (Å²) >= 11 is 1.96. The molecule has 1 nitrogen and oxygen atoms in total. The van der Waals surface area contributed by atoms with Crippen LogP contribution in [-0.2, 0) is 0 Å². The summed E-state index contributed by atoms with van der Waals surface area (Å²) in [5.41, 5.74) is 6.01. The molecule has 0 saturated carbocycles. The first-order valence-corrected chi connectivity index (χ1v) is 10.0. The second-order valence-electron chi connectivity index (χ2n) is 6.39. The second kappa shape index (κ2) is 8.87. The van der Waals surface area contributed by atoms with Crippen LogP contribution >= 0.6 is 11.8 Å². The highest BCUT2D eigenvalue weighted by Crippen LogP contribution is 2.30. The van der Waals surface area contributed by atoms with Gasteiger partial charge in [0.05, 0.1) is 5.69 Å². The smallest absolute Gasteiger partial charge is 0.0702 e. The highest BCUT2D eigenvalue weighted by Gasteiger charge is 2.05. The van der Waals surface area contributed by atoms with Gasteiger partial charge in [0.25, 0.3) is 0 Å². The molecule has 0 unspecified atom stereocenters. The number of aromatic nitrogens is 1. The molecule has 0 radical (unpaired) electrons. The highest BCUT2D eigenvalue weighted by atomic mass is 32.2. The van der Waals surface area contributed by atoms with Gasteiger partial charge in [0.2, 0.25) is 0 Å². The van der Waals surface area contributed by atoms with E-state index in [0.29, 0.717) is 0 Å². The van der Waals surface area contributed by atoms with Gasteiger partial charge in [0.15, 0.2) is 0 Å². The van der Waals surface area contributed by atoms with Crippen molar-refractivity contribution in [2.24, 2.45) is 0 Å². The van der Waals surface area contributed by atoms with Gasteiger partial charge in [-0.15, -0.1) is 11.8 Å². The van der Waals surface area contributed by atoms with Crippen molar-refractivity contribution in [1.82, 2.24) is 4.98 Å². The van der Waals surface area contributed by atoms with Crippen LogP contribution in [0.4, 0.5) is 0 Å². The van der Waals surface area contributed by atoms with Crippen LogP contribution in [-0.4, -0.2) is 10.7 Å². The lowest BCUT2D eigenvalue weighted by atomic mass is 9.99. The normalized spacial score (nSPS) is 10.8. The van der Waals surface area contributed by atoms with Crippen molar-refractivity contribution in [1.29, 1.82) is 0 Å². The third-order valence-corrected chi connectivity index (χ3v) is 5.30. The van der Waals surface area contributed by atoms with Crippen LogP contribution in [0, 0.1) is 6.92 Å². The summed E-state index contributed by atoms with van der Waals surface area (Å²) in [7, 11) is 0. The Morgan fingerprint density at radius 1 is 0.840 bits per heavy atom. The number of unbranched alkanes of at least 4 members (excludes halogenated alkanes) is 2. The van der Waals surface area contributed by atoms with Gasteiger partial charge in [-0.3, -0.25) is 4.98 Å². The summed E-state index contributed by atoms with van der Waals surface area (Å²) in [6.45, 7) is 4.40. The molecule has 0 fully saturated rings. The number of hydrogen-bond donors (Lipinski definition) is 0. The van der Waals surface area contributed by atoms with E-state index in [-0.39, 0.29) is 0 Å². The van der Waals surface area contributed by atoms with Gasteiger partial charge in [-0.05, 0) is 72.2 Å². The Hall–Kier alpha value is -2.06. The maximum atomic E-state index is 4.50. The molecule has 2 heteroatoms. The number of benzene rings is 2. The minimum Gasteiger partial charge on any atom is -0.256 e. The van der Waals surface area contributed by atoms with Crippen molar-refractivity contribution in [3.8, 4) is 22.4 Å². The molecule has 25 heavy (non-hydrogen) atoms. The maximum Gasteiger partial charge on any atom is 0.0702 e. The van der Waals surface area contributed by atoms with E-state index in [9.17, 15) is 0 Å². The average Bonchev–Trinajstić information content (AvgIpc) is 2.66.